The Morgan fingerprint density at radius 3 is 2.38 bits per heavy atom. The van der Waals surface area contributed by atoms with E-state index < -0.39 is 0 Å². The van der Waals surface area contributed by atoms with Gasteiger partial charge in [0.25, 0.3) is 0 Å². The Morgan fingerprint density at radius 1 is 1.62 bits per heavy atom. The highest BCUT2D eigenvalue weighted by molar-refractivity contribution is 5.96. The SMILES string of the molecule is C=CN=C(C=C)CN. The Kier molecular flexibility index (Phi) is 3.80. The van der Waals surface area contributed by atoms with E-state index in [1.165, 1.54) is 6.20 Å². The average Bonchev–Trinajstić information content (AvgIpc) is 1.83. The molecule has 0 aliphatic rings. The minimum absolute atomic E-state index is 0.426. The van der Waals surface area contributed by atoms with Crippen molar-refractivity contribution in [1.82, 2.24) is 0 Å². The lowest BCUT2D eigenvalue weighted by Crippen LogP contribution is -2.09. The molecule has 0 aromatic rings. The van der Waals surface area contributed by atoms with Crippen LogP contribution in [0.25, 0.3) is 0 Å². The van der Waals surface area contributed by atoms with Crippen LogP contribution in [0, 0.1) is 0 Å². The molecule has 2 heteroatoms. The van der Waals surface area contributed by atoms with Gasteiger partial charge in [-0.25, -0.2) is 0 Å². The van der Waals surface area contributed by atoms with Crippen LogP contribution in [0.3, 0.4) is 0 Å². The number of rotatable bonds is 3. The summed E-state index contributed by atoms with van der Waals surface area (Å²) in [5.74, 6) is 0. The molecule has 0 bridgehead atoms. The van der Waals surface area contributed by atoms with E-state index in [1.807, 2.05) is 0 Å². The molecule has 0 fully saturated rings. The van der Waals surface area contributed by atoms with Gasteiger partial charge in [0, 0.05) is 12.7 Å². The molecule has 0 aliphatic heterocycles. The Balaban J connectivity index is 3.84. The van der Waals surface area contributed by atoms with Gasteiger partial charge in [-0.05, 0) is 6.08 Å². The fraction of sp³-hybridized carbons (Fsp3) is 0.167. The molecule has 2 N–H and O–H groups in total. The molecule has 0 radical (unpaired) electrons. The Morgan fingerprint density at radius 2 is 2.25 bits per heavy atom. The maximum atomic E-state index is 5.22. The number of hydrogen-bond acceptors (Lipinski definition) is 2. The van der Waals surface area contributed by atoms with Crippen LogP contribution in [0.2, 0.25) is 0 Å². The van der Waals surface area contributed by atoms with Crippen LogP contribution >= 0.6 is 0 Å². The van der Waals surface area contributed by atoms with Crippen molar-refractivity contribution in [3.05, 3.63) is 25.4 Å². The quantitative estimate of drug-likeness (QED) is 0.534. The number of nitrogens with zero attached hydrogens (tertiary/aromatic N) is 1. The number of hydrogen-bond donors (Lipinski definition) is 1. The third-order valence-electron chi connectivity index (χ3n) is 0.702. The topological polar surface area (TPSA) is 38.4 Å². The first-order valence-electron chi connectivity index (χ1n) is 2.35. The van der Waals surface area contributed by atoms with Crippen LogP contribution in [0.4, 0.5) is 0 Å². The first kappa shape index (κ1) is 7.11. The van der Waals surface area contributed by atoms with Crippen LogP contribution in [0.1, 0.15) is 0 Å². The summed E-state index contributed by atoms with van der Waals surface area (Å²) in [6.07, 6.45) is 3.06. The highest BCUT2D eigenvalue weighted by Crippen LogP contribution is 1.76. The van der Waals surface area contributed by atoms with Crippen molar-refractivity contribution < 1.29 is 0 Å². The van der Waals surface area contributed by atoms with Crippen LogP contribution < -0.4 is 5.73 Å². The van der Waals surface area contributed by atoms with Gasteiger partial charge >= 0.3 is 0 Å². The minimum Gasteiger partial charge on any atom is -0.325 e. The van der Waals surface area contributed by atoms with Gasteiger partial charge in [0.15, 0.2) is 0 Å². The largest absolute Gasteiger partial charge is 0.325 e. The van der Waals surface area contributed by atoms with E-state index in [1.54, 1.807) is 6.08 Å². The van der Waals surface area contributed by atoms with E-state index in [2.05, 4.69) is 18.2 Å². The summed E-state index contributed by atoms with van der Waals surface area (Å²) in [5.41, 5.74) is 5.98. The average molecular weight is 110 g/mol. The second kappa shape index (κ2) is 4.27. The molecule has 2 nitrogen and oxygen atoms in total. The van der Waals surface area contributed by atoms with Gasteiger partial charge in [0.2, 0.25) is 0 Å². The van der Waals surface area contributed by atoms with Crippen molar-refractivity contribution in [3.8, 4) is 0 Å². The Labute approximate surface area is 49.4 Å². The molecule has 0 aromatic carbocycles. The third-order valence-corrected chi connectivity index (χ3v) is 0.702. The van der Waals surface area contributed by atoms with Crippen molar-refractivity contribution >= 4 is 5.71 Å². The zero-order valence-electron chi connectivity index (χ0n) is 4.80. The second-order valence-electron chi connectivity index (χ2n) is 1.21. The lowest BCUT2D eigenvalue weighted by Gasteiger charge is -1.88. The van der Waals surface area contributed by atoms with Gasteiger partial charge in [-0.1, -0.05) is 13.2 Å². The normalized spacial score (nSPS) is 10.9. The molecule has 0 saturated heterocycles. The Bertz CT molecular complexity index is 114. The molecule has 0 aromatic heterocycles. The van der Waals surface area contributed by atoms with E-state index in [-0.39, 0.29) is 0 Å². The first-order chi connectivity index (χ1) is 3.85. The summed E-state index contributed by atoms with van der Waals surface area (Å²) < 4.78 is 0. The summed E-state index contributed by atoms with van der Waals surface area (Å²) in [4.78, 5) is 3.80. The summed E-state index contributed by atoms with van der Waals surface area (Å²) in [5, 5.41) is 0. The van der Waals surface area contributed by atoms with Gasteiger partial charge in [-0.3, -0.25) is 4.99 Å². The lowest BCUT2D eigenvalue weighted by atomic mass is 10.4. The molecule has 0 heterocycles. The molecule has 0 rings (SSSR count). The highest BCUT2D eigenvalue weighted by Gasteiger charge is 1.81. The maximum Gasteiger partial charge on any atom is 0.0533 e. The van der Waals surface area contributed by atoms with Gasteiger partial charge in [-0.2, -0.15) is 0 Å². The third kappa shape index (κ3) is 2.31. The smallest absolute Gasteiger partial charge is 0.0533 e. The minimum atomic E-state index is 0.426. The van der Waals surface area contributed by atoms with E-state index in [0.717, 1.165) is 5.71 Å². The maximum absolute atomic E-state index is 5.22. The zero-order chi connectivity index (χ0) is 6.41. The number of nitrogens with two attached hydrogens (primary N) is 1. The molecule has 0 saturated carbocycles. The zero-order valence-corrected chi connectivity index (χ0v) is 4.80. The second-order valence-corrected chi connectivity index (χ2v) is 1.21. The molecule has 0 amide bonds. The molecule has 0 spiro atoms. The van der Waals surface area contributed by atoms with Crippen molar-refractivity contribution in [2.24, 2.45) is 10.7 Å². The number of aliphatic imine (C=N–C) groups is 1. The summed E-state index contributed by atoms with van der Waals surface area (Å²) >= 11 is 0. The predicted octanol–water partition coefficient (Wildman–Crippen LogP) is 0.716. The van der Waals surface area contributed by atoms with Gasteiger partial charge < -0.3 is 5.73 Å². The van der Waals surface area contributed by atoms with E-state index in [9.17, 15) is 0 Å². The van der Waals surface area contributed by atoms with Gasteiger partial charge in [0.1, 0.15) is 0 Å². The van der Waals surface area contributed by atoms with Gasteiger partial charge in [0.05, 0.1) is 5.71 Å². The van der Waals surface area contributed by atoms with Crippen molar-refractivity contribution in [1.29, 1.82) is 0 Å². The lowest BCUT2D eigenvalue weighted by molar-refractivity contribution is 1.30. The molecule has 0 atom stereocenters. The fourth-order valence-corrected chi connectivity index (χ4v) is 0.306. The van der Waals surface area contributed by atoms with E-state index in [4.69, 9.17) is 5.73 Å². The monoisotopic (exact) mass is 110 g/mol. The molecular weight excluding hydrogens is 100 g/mol. The molecule has 0 unspecified atom stereocenters. The van der Waals surface area contributed by atoms with Crippen LogP contribution in [-0.2, 0) is 0 Å². The summed E-state index contributed by atoms with van der Waals surface area (Å²) in [6.45, 7) is 7.32. The highest BCUT2D eigenvalue weighted by atomic mass is 14.7. The molecule has 0 aliphatic carbocycles. The van der Waals surface area contributed by atoms with Crippen LogP contribution in [-0.4, -0.2) is 12.3 Å². The van der Waals surface area contributed by atoms with Gasteiger partial charge in [-0.15, -0.1) is 0 Å². The van der Waals surface area contributed by atoms with Crippen LogP contribution in [0.5, 0.6) is 0 Å². The molecule has 8 heavy (non-hydrogen) atoms. The van der Waals surface area contributed by atoms with Crippen molar-refractivity contribution in [2.75, 3.05) is 6.54 Å². The van der Waals surface area contributed by atoms with Crippen molar-refractivity contribution in [3.63, 3.8) is 0 Å². The van der Waals surface area contributed by atoms with Crippen LogP contribution in [0.15, 0.2) is 30.4 Å². The summed E-state index contributed by atoms with van der Waals surface area (Å²) in [6, 6.07) is 0. The van der Waals surface area contributed by atoms with E-state index in [0.29, 0.717) is 6.54 Å². The van der Waals surface area contributed by atoms with E-state index >= 15 is 0 Å². The first-order valence-corrected chi connectivity index (χ1v) is 2.35. The summed E-state index contributed by atoms with van der Waals surface area (Å²) in [7, 11) is 0. The molecule has 44 valence electrons. The standard InChI is InChI=1S/C6H10N2/c1-3-6(5-7)8-4-2/h3-4H,1-2,5,7H2. The predicted molar refractivity (Wildman–Crippen MR) is 36.9 cm³/mol. The van der Waals surface area contributed by atoms with Crippen molar-refractivity contribution in [2.45, 2.75) is 0 Å². The molecular formula is C6H10N2. The fourth-order valence-electron chi connectivity index (χ4n) is 0.306. The Hall–Kier alpha value is -0.890.